The molecule has 29 heavy (non-hydrogen) atoms. The van der Waals surface area contributed by atoms with Gasteiger partial charge >= 0.3 is 11.9 Å². The van der Waals surface area contributed by atoms with Crippen LogP contribution >= 0.6 is 11.3 Å². The van der Waals surface area contributed by atoms with Crippen LogP contribution in [0, 0.1) is 5.92 Å². The quantitative estimate of drug-likeness (QED) is 0.643. The molecule has 0 radical (unpaired) electrons. The third-order valence-electron chi connectivity index (χ3n) is 5.54. The van der Waals surface area contributed by atoms with Gasteiger partial charge in [-0.25, -0.2) is 9.59 Å². The number of piperidine rings is 1. The first-order valence-electron chi connectivity index (χ1n) is 9.87. The summed E-state index contributed by atoms with van der Waals surface area (Å²) in [6.07, 6.45) is 2.07. The predicted octanol–water partition coefficient (Wildman–Crippen LogP) is 3.34. The third kappa shape index (κ3) is 5.44. The van der Waals surface area contributed by atoms with Gasteiger partial charge in [0.2, 0.25) is 0 Å². The Labute approximate surface area is 175 Å². The van der Waals surface area contributed by atoms with E-state index in [2.05, 4.69) is 17.3 Å². The molecule has 6 nitrogen and oxygen atoms in total. The van der Waals surface area contributed by atoms with Crippen LogP contribution in [0.5, 0.6) is 0 Å². The van der Waals surface area contributed by atoms with Crippen molar-refractivity contribution in [3.05, 3.63) is 57.8 Å². The van der Waals surface area contributed by atoms with Crippen molar-refractivity contribution in [2.75, 3.05) is 26.7 Å². The number of hydrogen-bond acceptors (Lipinski definition) is 6. The molecule has 1 unspecified atom stereocenters. The molecule has 2 N–H and O–H groups in total. The van der Waals surface area contributed by atoms with E-state index in [0.29, 0.717) is 19.1 Å². The molecule has 0 aliphatic carbocycles. The maximum Gasteiger partial charge on any atom is 0.345 e. The lowest BCUT2D eigenvalue weighted by atomic mass is 9.91. The van der Waals surface area contributed by atoms with Crippen LogP contribution < -0.4 is 5.32 Å². The number of likely N-dealkylation sites (tertiary alicyclic amines) is 1. The van der Waals surface area contributed by atoms with E-state index in [-0.39, 0.29) is 10.8 Å². The third-order valence-corrected chi connectivity index (χ3v) is 6.61. The molecule has 1 aromatic carbocycles. The molecule has 1 saturated heterocycles. The minimum Gasteiger partial charge on any atom is -0.477 e. The molecular weight excluding hydrogens is 388 g/mol. The number of esters is 1. The fourth-order valence-corrected chi connectivity index (χ4v) is 4.27. The molecule has 1 aromatic heterocycles. The number of carbonyl (C=O) groups excluding carboxylic acids is 1. The summed E-state index contributed by atoms with van der Waals surface area (Å²) < 4.78 is 5.76. The van der Waals surface area contributed by atoms with Crippen molar-refractivity contribution in [3.63, 3.8) is 0 Å². The molecule has 1 fully saturated rings. The second-order valence-electron chi connectivity index (χ2n) is 7.76. The number of thiophene rings is 1. The van der Waals surface area contributed by atoms with E-state index < -0.39 is 11.5 Å². The molecule has 3 rings (SSSR count). The Kier molecular flexibility index (Phi) is 7.05. The molecule has 2 heterocycles. The molecular formula is C22H28N2O4S. The molecule has 156 valence electrons. The van der Waals surface area contributed by atoms with E-state index in [4.69, 9.17) is 9.84 Å². The van der Waals surface area contributed by atoms with Crippen LogP contribution in [0.2, 0.25) is 0 Å². The first kappa shape index (κ1) is 21.5. The topological polar surface area (TPSA) is 78.9 Å². The van der Waals surface area contributed by atoms with Crippen LogP contribution in [0.4, 0.5) is 0 Å². The summed E-state index contributed by atoms with van der Waals surface area (Å²) in [6.45, 7) is 4.69. The SMILES string of the molecule is CN1CCC(COC(=O)C(C)(NCc2ccc(C(=O)O)s2)c2ccccc2)CC1. The number of carboxylic acid groups (broad SMARTS) is 1. The van der Waals surface area contributed by atoms with Gasteiger partial charge in [0.05, 0.1) is 6.61 Å². The van der Waals surface area contributed by atoms with Crippen molar-refractivity contribution < 1.29 is 19.4 Å². The van der Waals surface area contributed by atoms with Crippen molar-refractivity contribution in [2.45, 2.75) is 31.8 Å². The van der Waals surface area contributed by atoms with E-state index >= 15 is 0 Å². The number of ether oxygens (including phenoxy) is 1. The minimum absolute atomic E-state index is 0.285. The zero-order valence-electron chi connectivity index (χ0n) is 16.9. The fraction of sp³-hybridized carbons (Fsp3) is 0.455. The van der Waals surface area contributed by atoms with E-state index in [9.17, 15) is 9.59 Å². The Bertz CT molecular complexity index is 830. The second-order valence-corrected chi connectivity index (χ2v) is 8.93. The Hall–Kier alpha value is -2.22. The number of benzene rings is 1. The Morgan fingerprint density at radius 3 is 2.52 bits per heavy atom. The average Bonchev–Trinajstić information content (AvgIpc) is 3.21. The number of aromatic carboxylic acids is 1. The average molecular weight is 417 g/mol. The monoisotopic (exact) mass is 416 g/mol. The lowest BCUT2D eigenvalue weighted by Crippen LogP contribution is -2.47. The first-order valence-corrected chi connectivity index (χ1v) is 10.7. The number of nitrogens with one attached hydrogen (secondary N) is 1. The van der Waals surface area contributed by atoms with Crippen molar-refractivity contribution >= 4 is 23.3 Å². The molecule has 0 amide bonds. The van der Waals surface area contributed by atoms with Gasteiger partial charge < -0.3 is 14.7 Å². The van der Waals surface area contributed by atoms with Gasteiger partial charge in [-0.15, -0.1) is 11.3 Å². The Morgan fingerprint density at radius 1 is 1.21 bits per heavy atom. The van der Waals surface area contributed by atoms with Crippen molar-refractivity contribution in [1.82, 2.24) is 10.2 Å². The lowest BCUT2D eigenvalue weighted by Gasteiger charge is -2.32. The van der Waals surface area contributed by atoms with Gasteiger partial charge in [0.25, 0.3) is 0 Å². The zero-order chi connectivity index (χ0) is 20.9. The number of rotatable bonds is 8. The molecule has 1 aliphatic rings. The van der Waals surface area contributed by atoms with Gasteiger partial charge in [-0.3, -0.25) is 5.32 Å². The van der Waals surface area contributed by atoms with Crippen LogP contribution in [-0.2, 0) is 21.6 Å². The lowest BCUT2D eigenvalue weighted by molar-refractivity contribution is -0.153. The Balaban J connectivity index is 1.69. The fourth-order valence-electron chi connectivity index (χ4n) is 3.48. The van der Waals surface area contributed by atoms with Gasteiger partial charge in [-0.2, -0.15) is 0 Å². The summed E-state index contributed by atoms with van der Waals surface area (Å²) in [5.74, 6) is -0.854. The zero-order valence-corrected chi connectivity index (χ0v) is 17.7. The molecule has 2 aromatic rings. The van der Waals surface area contributed by atoms with Gasteiger partial charge in [0.1, 0.15) is 10.4 Å². The minimum atomic E-state index is -1.01. The molecule has 1 aliphatic heterocycles. The smallest absolute Gasteiger partial charge is 0.345 e. The molecule has 0 bridgehead atoms. The van der Waals surface area contributed by atoms with Crippen LogP contribution in [-0.4, -0.2) is 48.7 Å². The van der Waals surface area contributed by atoms with Crippen molar-refractivity contribution in [2.24, 2.45) is 5.92 Å². The van der Waals surface area contributed by atoms with Gasteiger partial charge in [0.15, 0.2) is 0 Å². The summed E-state index contributed by atoms with van der Waals surface area (Å²) in [4.78, 5) is 27.7. The highest BCUT2D eigenvalue weighted by molar-refractivity contribution is 7.13. The van der Waals surface area contributed by atoms with Crippen molar-refractivity contribution in [3.8, 4) is 0 Å². The number of carbonyl (C=O) groups is 2. The molecule has 0 saturated carbocycles. The van der Waals surface area contributed by atoms with Crippen LogP contribution in [0.15, 0.2) is 42.5 Å². The standard InChI is InChI=1S/C22H28N2O4S/c1-22(17-6-4-3-5-7-17,23-14-18-8-9-19(29-18)20(25)26)21(27)28-15-16-10-12-24(2)13-11-16/h3-9,16,23H,10-15H2,1-2H3,(H,25,26). The maximum atomic E-state index is 13.1. The molecule has 7 heteroatoms. The summed E-state index contributed by atoms with van der Waals surface area (Å²) in [7, 11) is 2.11. The van der Waals surface area contributed by atoms with Gasteiger partial charge in [-0.1, -0.05) is 30.3 Å². The van der Waals surface area contributed by atoms with E-state index in [1.54, 1.807) is 12.1 Å². The van der Waals surface area contributed by atoms with E-state index in [0.717, 1.165) is 36.4 Å². The highest BCUT2D eigenvalue weighted by atomic mass is 32.1. The van der Waals surface area contributed by atoms with Crippen LogP contribution in [0.25, 0.3) is 0 Å². The van der Waals surface area contributed by atoms with Crippen LogP contribution in [0.1, 0.15) is 39.9 Å². The van der Waals surface area contributed by atoms with E-state index in [1.165, 1.54) is 11.3 Å². The predicted molar refractivity (Wildman–Crippen MR) is 113 cm³/mol. The normalized spacial score (nSPS) is 17.6. The van der Waals surface area contributed by atoms with Crippen LogP contribution in [0.3, 0.4) is 0 Å². The molecule has 0 spiro atoms. The van der Waals surface area contributed by atoms with Crippen molar-refractivity contribution in [1.29, 1.82) is 0 Å². The summed E-state index contributed by atoms with van der Waals surface area (Å²) in [5.41, 5.74) is -0.191. The number of carboxylic acids is 1. The Morgan fingerprint density at radius 2 is 1.90 bits per heavy atom. The highest BCUT2D eigenvalue weighted by Gasteiger charge is 2.37. The second kappa shape index (κ2) is 9.52. The number of hydrogen-bond donors (Lipinski definition) is 2. The van der Waals surface area contributed by atoms with Gasteiger partial charge in [0, 0.05) is 11.4 Å². The summed E-state index contributed by atoms with van der Waals surface area (Å²) >= 11 is 1.21. The maximum absolute atomic E-state index is 13.1. The highest BCUT2D eigenvalue weighted by Crippen LogP contribution is 2.26. The largest absolute Gasteiger partial charge is 0.477 e. The number of nitrogens with zero attached hydrogens (tertiary/aromatic N) is 1. The summed E-state index contributed by atoms with van der Waals surface area (Å²) in [5, 5.41) is 12.4. The van der Waals surface area contributed by atoms with E-state index in [1.807, 2.05) is 37.3 Å². The van der Waals surface area contributed by atoms with Gasteiger partial charge in [-0.05, 0) is 63.5 Å². The first-order chi connectivity index (χ1) is 13.9. The summed E-state index contributed by atoms with van der Waals surface area (Å²) in [6, 6.07) is 12.9. The molecule has 1 atom stereocenters.